The Morgan fingerprint density at radius 1 is 1.63 bits per heavy atom. The van der Waals surface area contributed by atoms with Gasteiger partial charge in [0.1, 0.15) is 9.88 Å². The summed E-state index contributed by atoms with van der Waals surface area (Å²) in [6.45, 7) is 4.04. The zero-order valence-corrected chi connectivity index (χ0v) is 12.6. The van der Waals surface area contributed by atoms with Crippen molar-refractivity contribution in [3.8, 4) is 0 Å². The number of rotatable bonds is 6. The highest BCUT2D eigenvalue weighted by molar-refractivity contribution is 7.99. The maximum absolute atomic E-state index is 12.0. The number of hydrogen-bond acceptors (Lipinski definition) is 5. The van der Waals surface area contributed by atoms with Gasteiger partial charge in [-0.25, -0.2) is 0 Å². The number of nitrogens with two attached hydrogens (primary N) is 1. The summed E-state index contributed by atoms with van der Waals surface area (Å²) < 4.78 is 0. The molecular weight excluding hydrogens is 278 g/mol. The van der Waals surface area contributed by atoms with Crippen molar-refractivity contribution in [2.45, 2.75) is 30.2 Å². The summed E-state index contributed by atoms with van der Waals surface area (Å²) in [5, 5.41) is 7.29. The van der Waals surface area contributed by atoms with Crippen LogP contribution in [0.4, 0.5) is 10.7 Å². The van der Waals surface area contributed by atoms with Crippen LogP contribution in [-0.2, 0) is 0 Å². The van der Waals surface area contributed by atoms with Gasteiger partial charge in [0.05, 0.1) is 10.6 Å². The number of carbonyl (C=O) groups is 1. The van der Waals surface area contributed by atoms with Crippen LogP contribution in [0.2, 0.25) is 0 Å². The lowest BCUT2D eigenvalue weighted by molar-refractivity contribution is 0.0963. The van der Waals surface area contributed by atoms with Gasteiger partial charge in [0.2, 0.25) is 0 Å². The second-order valence-corrected chi connectivity index (χ2v) is 6.32. The first-order valence-electron chi connectivity index (χ1n) is 6.29. The molecule has 4 nitrogen and oxygen atoms in total. The van der Waals surface area contributed by atoms with Crippen LogP contribution in [-0.4, -0.2) is 24.7 Å². The average Bonchev–Trinajstić information content (AvgIpc) is 2.67. The van der Waals surface area contributed by atoms with Crippen molar-refractivity contribution in [3.63, 3.8) is 0 Å². The van der Waals surface area contributed by atoms with Crippen molar-refractivity contribution in [1.29, 1.82) is 0 Å². The molecule has 6 heteroatoms. The fourth-order valence-corrected chi connectivity index (χ4v) is 3.89. The van der Waals surface area contributed by atoms with Crippen molar-refractivity contribution in [3.05, 3.63) is 17.5 Å². The standard InChI is InChI=1S/C13H19N3OS2/c1-3-7-15-12(17)10-9(14)11(18-2)13(19-10)16-8-5-4-6-8/h3,8,16H,1,4-7,14H2,2H3,(H,15,17). The first-order chi connectivity index (χ1) is 9.17. The summed E-state index contributed by atoms with van der Waals surface area (Å²) in [6, 6.07) is 0.535. The number of thioether (sulfide) groups is 1. The number of anilines is 2. The minimum atomic E-state index is -0.126. The van der Waals surface area contributed by atoms with E-state index in [0.29, 0.717) is 23.2 Å². The predicted octanol–water partition coefficient (Wildman–Crippen LogP) is 2.93. The molecule has 1 heterocycles. The molecule has 4 N–H and O–H groups in total. The van der Waals surface area contributed by atoms with Crippen LogP contribution < -0.4 is 16.4 Å². The Morgan fingerprint density at radius 2 is 2.37 bits per heavy atom. The molecule has 1 aliphatic rings. The van der Waals surface area contributed by atoms with E-state index < -0.39 is 0 Å². The van der Waals surface area contributed by atoms with Crippen LogP contribution in [0.1, 0.15) is 28.9 Å². The Kier molecular flexibility index (Phi) is 4.76. The van der Waals surface area contributed by atoms with Gasteiger partial charge in [-0.2, -0.15) is 0 Å². The summed E-state index contributed by atoms with van der Waals surface area (Å²) in [7, 11) is 0. The van der Waals surface area contributed by atoms with Gasteiger partial charge in [0.15, 0.2) is 0 Å². The predicted molar refractivity (Wildman–Crippen MR) is 84.3 cm³/mol. The summed E-state index contributed by atoms with van der Waals surface area (Å²) >= 11 is 3.03. The quantitative estimate of drug-likeness (QED) is 0.558. The SMILES string of the molecule is C=CCNC(=O)c1sc(NC2CCC2)c(SC)c1N. The molecule has 0 unspecified atom stereocenters. The number of nitrogen functional groups attached to an aromatic ring is 1. The number of carbonyl (C=O) groups excluding carboxylic acids is 1. The van der Waals surface area contributed by atoms with Gasteiger partial charge in [0, 0.05) is 12.6 Å². The number of amides is 1. The van der Waals surface area contributed by atoms with Gasteiger partial charge in [-0.15, -0.1) is 29.7 Å². The molecule has 1 fully saturated rings. The number of thiophene rings is 1. The van der Waals surface area contributed by atoms with Gasteiger partial charge in [-0.3, -0.25) is 4.79 Å². The minimum absolute atomic E-state index is 0.126. The highest BCUT2D eigenvalue weighted by atomic mass is 32.2. The summed E-state index contributed by atoms with van der Waals surface area (Å²) in [4.78, 5) is 13.6. The maximum Gasteiger partial charge on any atom is 0.263 e. The van der Waals surface area contributed by atoms with E-state index in [4.69, 9.17) is 5.73 Å². The largest absolute Gasteiger partial charge is 0.396 e. The smallest absolute Gasteiger partial charge is 0.263 e. The van der Waals surface area contributed by atoms with E-state index in [9.17, 15) is 4.79 Å². The third-order valence-corrected chi connectivity index (χ3v) is 5.25. The normalized spacial score (nSPS) is 14.8. The van der Waals surface area contributed by atoms with Crippen molar-refractivity contribution in [2.24, 2.45) is 0 Å². The minimum Gasteiger partial charge on any atom is -0.396 e. The van der Waals surface area contributed by atoms with Crippen molar-refractivity contribution < 1.29 is 4.79 Å². The lowest BCUT2D eigenvalue weighted by Gasteiger charge is -2.27. The number of hydrogen-bond donors (Lipinski definition) is 3. The molecule has 1 aliphatic carbocycles. The van der Waals surface area contributed by atoms with E-state index in [1.54, 1.807) is 17.8 Å². The van der Waals surface area contributed by atoms with Crippen LogP contribution in [0.5, 0.6) is 0 Å². The fraction of sp³-hybridized carbons (Fsp3) is 0.462. The van der Waals surface area contributed by atoms with Crippen LogP contribution >= 0.6 is 23.1 Å². The highest BCUT2D eigenvalue weighted by Crippen LogP contribution is 2.43. The molecule has 0 aliphatic heterocycles. The Morgan fingerprint density at radius 3 is 2.89 bits per heavy atom. The van der Waals surface area contributed by atoms with Gasteiger partial charge in [-0.05, 0) is 25.5 Å². The first kappa shape index (κ1) is 14.3. The van der Waals surface area contributed by atoms with Crippen LogP contribution in [0.25, 0.3) is 0 Å². The topological polar surface area (TPSA) is 67.2 Å². The van der Waals surface area contributed by atoms with Gasteiger partial charge in [-0.1, -0.05) is 6.08 Å². The van der Waals surface area contributed by atoms with Crippen molar-refractivity contribution in [2.75, 3.05) is 23.9 Å². The van der Waals surface area contributed by atoms with Crippen LogP contribution in [0.3, 0.4) is 0 Å². The molecule has 1 aromatic heterocycles. The molecule has 1 saturated carbocycles. The van der Waals surface area contributed by atoms with Crippen LogP contribution in [0.15, 0.2) is 17.6 Å². The molecule has 0 bridgehead atoms. The zero-order valence-electron chi connectivity index (χ0n) is 11.0. The summed E-state index contributed by atoms with van der Waals surface area (Å²) in [5.74, 6) is -0.126. The lowest BCUT2D eigenvalue weighted by atomic mass is 9.93. The van der Waals surface area contributed by atoms with Crippen LogP contribution in [0, 0.1) is 0 Å². The van der Waals surface area contributed by atoms with Gasteiger partial charge in [0.25, 0.3) is 5.91 Å². The highest BCUT2D eigenvalue weighted by Gasteiger charge is 2.24. The molecule has 0 aromatic carbocycles. The van der Waals surface area contributed by atoms with Crippen molar-refractivity contribution in [1.82, 2.24) is 5.32 Å². The molecule has 0 radical (unpaired) electrons. The van der Waals surface area contributed by atoms with E-state index in [1.807, 2.05) is 6.26 Å². The molecule has 0 atom stereocenters. The third kappa shape index (κ3) is 3.06. The lowest BCUT2D eigenvalue weighted by Crippen LogP contribution is -2.26. The van der Waals surface area contributed by atoms with Crippen molar-refractivity contribution >= 4 is 39.7 Å². The fourth-order valence-electron chi connectivity index (χ4n) is 1.88. The molecule has 0 spiro atoms. The van der Waals surface area contributed by atoms with E-state index >= 15 is 0 Å². The molecular formula is C13H19N3OS2. The van der Waals surface area contributed by atoms with Gasteiger partial charge >= 0.3 is 0 Å². The van der Waals surface area contributed by atoms with E-state index in [2.05, 4.69) is 17.2 Å². The summed E-state index contributed by atoms with van der Waals surface area (Å²) in [5.41, 5.74) is 6.67. The Hall–Kier alpha value is -1.14. The van der Waals surface area contributed by atoms with E-state index in [0.717, 1.165) is 9.90 Å². The third-order valence-electron chi connectivity index (χ3n) is 3.16. The summed E-state index contributed by atoms with van der Waals surface area (Å²) in [6.07, 6.45) is 7.31. The molecule has 0 saturated heterocycles. The molecule has 1 amide bonds. The zero-order chi connectivity index (χ0) is 13.8. The maximum atomic E-state index is 12.0. The Labute approximate surface area is 121 Å². The number of nitrogens with one attached hydrogen (secondary N) is 2. The Bertz CT molecular complexity index is 480. The molecule has 1 aromatic rings. The average molecular weight is 297 g/mol. The molecule has 2 rings (SSSR count). The molecule has 19 heavy (non-hydrogen) atoms. The van der Waals surface area contributed by atoms with E-state index in [-0.39, 0.29) is 5.91 Å². The Balaban J connectivity index is 2.18. The van der Waals surface area contributed by atoms with E-state index in [1.165, 1.54) is 30.6 Å². The van der Waals surface area contributed by atoms with Gasteiger partial charge < -0.3 is 16.4 Å². The monoisotopic (exact) mass is 297 g/mol. The second-order valence-electron chi connectivity index (χ2n) is 4.48. The second kappa shape index (κ2) is 6.34. The molecule has 104 valence electrons. The first-order valence-corrected chi connectivity index (χ1v) is 8.33.